The molecule has 1 amide bonds. The van der Waals surface area contributed by atoms with E-state index in [0.717, 1.165) is 0 Å². The second-order valence-corrected chi connectivity index (χ2v) is 8.71. The van der Waals surface area contributed by atoms with Crippen LogP contribution in [0.2, 0.25) is 0 Å². The first kappa shape index (κ1) is 23.7. The minimum absolute atomic E-state index is 0.0208. The molecule has 3 rings (SSSR count). The summed E-state index contributed by atoms with van der Waals surface area (Å²) in [5, 5.41) is 17.0. The topological polar surface area (TPSA) is 139 Å². The van der Waals surface area contributed by atoms with E-state index in [2.05, 4.69) is 5.32 Å². The highest BCUT2D eigenvalue weighted by atomic mass is 32.2. The Bertz CT molecular complexity index is 1330. The molecule has 168 valence electrons. The predicted octanol–water partition coefficient (Wildman–Crippen LogP) is 2.39. The zero-order valence-electron chi connectivity index (χ0n) is 17.7. The number of nitrogens with zero attached hydrogens (tertiary/aromatic N) is 1. The maximum absolute atomic E-state index is 12.8. The molecule has 0 fully saturated rings. The summed E-state index contributed by atoms with van der Waals surface area (Å²) >= 11 is 0. The monoisotopic (exact) mass is 463 g/mol. The molecule has 3 aromatic carbocycles. The number of esters is 1. The Morgan fingerprint density at radius 1 is 1.06 bits per heavy atom. The molecule has 0 saturated heterocycles. The van der Waals surface area contributed by atoms with Crippen LogP contribution in [-0.2, 0) is 26.0 Å². The number of methoxy groups -OCH3 is 1. The molecule has 0 unspecified atom stereocenters. The SMILES string of the molecule is COC(=O)[C@H](Cc1cccc(C#N)c1)NC(=O)c1ccc(-c2ccccc2S(N)(=O)=O)cc1. The van der Waals surface area contributed by atoms with E-state index >= 15 is 0 Å². The van der Waals surface area contributed by atoms with Gasteiger partial charge in [0.25, 0.3) is 5.91 Å². The Balaban J connectivity index is 1.81. The zero-order valence-corrected chi connectivity index (χ0v) is 18.5. The summed E-state index contributed by atoms with van der Waals surface area (Å²) < 4.78 is 28.5. The van der Waals surface area contributed by atoms with Gasteiger partial charge in [0.2, 0.25) is 10.0 Å². The van der Waals surface area contributed by atoms with E-state index in [4.69, 9.17) is 15.1 Å². The number of nitrogens with one attached hydrogen (secondary N) is 1. The molecule has 1 atom stereocenters. The lowest BCUT2D eigenvalue weighted by atomic mass is 10.0. The Kier molecular flexibility index (Phi) is 7.23. The van der Waals surface area contributed by atoms with Gasteiger partial charge in [-0.25, -0.2) is 18.4 Å². The van der Waals surface area contributed by atoms with Crippen LogP contribution in [0.1, 0.15) is 21.5 Å². The summed E-state index contributed by atoms with van der Waals surface area (Å²) in [6, 6.07) is 20.3. The second-order valence-electron chi connectivity index (χ2n) is 7.18. The van der Waals surface area contributed by atoms with Crippen molar-refractivity contribution >= 4 is 21.9 Å². The molecule has 9 heteroatoms. The fourth-order valence-electron chi connectivity index (χ4n) is 3.34. The van der Waals surface area contributed by atoms with Gasteiger partial charge in [-0.15, -0.1) is 0 Å². The van der Waals surface area contributed by atoms with Crippen LogP contribution in [0.25, 0.3) is 11.1 Å². The van der Waals surface area contributed by atoms with Gasteiger partial charge < -0.3 is 10.1 Å². The van der Waals surface area contributed by atoms with Crippen LogP contribution < -0.4 is 10.5 Å². The Morgan fingerprint density at radius 3 is 2.39 bits per heavy atom. The van der Waals surface area contributed by atoms with Crippen molar-refractivity contribution in [3.63, 3.8) is 0 Å². The third kappa shape index (κ3) is 5.83. The van der Waals surface area contributed by atoms with Crippen LogP contribution in [0.5, 0.6) is 0 Å². The molecular weight excluding hydrogens is 442 g/mol. The van der Waals surface area contributed by atoms with Gasteiger partial charge >= 0.3 is 5.97 Å². The van der Waals surface area contributed by atoms with E-state index in [9.17, 15) is 18.0 Å². The van der Waals surface area contributed by atoms with Crippen LogP contribution in [0.15, 0.2) is 77.7 Å². The smallest absolute Gasteiger partial charge is 0.328 e. The Morgan fingerprint density at radius 2 is 1.76 bits per heavy atom. The van der Waals surface area contributed by atoms with Gasteiger partial charge in [-0.2, -0.15) is 5.26 Å². The lowest BCUT2D eigenvalue weighted by Gasteiger charge is -2.17. The molecule has 3 N–H and O–H groups in total. The fraction of sp³-hybridized carbons (Fsp3) is 0.125. The van der Waals surface area contributed by atoms with Crippen LogP contribution in [0.4, 0.5) is 0 Å². The zero-order chi connectivity index (χ0) is 24.0. The average Bonchev–Trinajstić information content (AvgIpc) is 2.82. The third-order valence-corrected chi connectivity index (χ3v) is 5.91. The molecule has 0 spiro atoms. The van der Waals surface area contributed by atoms with Gasteiger partial charge in [0, 0.05) is 17.5 Å². The lowest BCUT2D eigenvalue weighted by Crippen LogP contribution is -2.43. The Labute approximate surface area is 191 Å². The van der Waals surface area contributed by atoms with Crippen molar-refractivity contribution in [1.82, 2.24) is 5.32 Å². The molecule has 0 radical (unpaired) electrons. The number of rotatable bonds is 7. The number of nitrogens with two attached hydrogens (primary N) is 1. The standard InChI is InChI=1S/C24H21N3O5S/c1-32-24(29)21(14-16-5-4-6-17(13-16)15-25)27-23(28)19-11-9-18(10-12-19)20-7-2-3-8-22(20)33(26,30)31/h2-13,21H,14H2,1H3,(H,27,28)(H2,26,30,31)/t21-/m0/s1. The van der Waals surface area contributed by atoms with E-state index in [-0.39, 0.29) is 16.9 Å². The predicted molar refractivity (Wildman–Crippen MR) is 121 cm³/mol. The number of hydrogen-bond acceptors (Lipinski definition) is 6. The lowest BCUT2D eigenvalue weighted by molar-refractivity contribution is -0.142. The van der Waals surface area contributed by atoms with Crippen molar-refractivity contribution in [2.24, 2.45) is 5.14 Å². The third-order valence-electron chi connectivity index (χ3n) is 4.94. The minimum Gasteiger partial charge on any atom is -0.467 e. The number of sulfonamides is 1. The number of ether oxygens (including phenoxy) is 1. The number of carbonyl (C=O) groups is 2. The van der Waals surface area contributed by atoms with Gasteiger partial charge in [0.1, 0.15) is 6.04 Å². The maximum atomic E-state index is 12.8. The first-order chi connectivity index (χ1) is 15.7. The normalized spacial score (nSPS) is 11.8. The number of amides is 1. The van der Waals surface area contributed by atoms with Gasteiger partial charge in [-0.05, 0) is 41.5 Å². The van der Waals surface area contributed by atoms with E-state index in [0.29, 0.717) is 22.3 Å². The summed E-state index contributed by atoms with van der Waals surface area (Å²) in [5.41, 5.74) is 2.38. The summed E-state index contributed by atoms with van der Waals surface area (Å²) in [7, 11) is -2.69. The average molecular weight is 464 g/mol. The molecule has 0 saturated carbocycles. The number of primary sulfonamides is 1. The van der Waals surface area contributed by atoms with E-state index < -0.39 is 27.9 Å². The highest BCUT2D eigenvalue weighted by Gasteiger charge is 2.23. The largest absolute Gasteiger partial charge is 0.467 e. The molecule has 0 aliphatic rings. The first-order valence-corrected chi connectivity index (χ1v) is 11.4. The van der Waals surface area contributed by atoms with Gasteiger partial charge in [0.15, 0.2) is 0 Å². The highest BCUT2D eigenvalue weighted by Crippen LogP contribution is 2.26. The summed E-state index contributed by atoms with van der Waals surface area (Å²) in [6.45, 7) is 0. The van der Waals surface area contributed by atoms with Gasteiger partial charge in [0.05, 0.1) is 23.6 Å². The van der Waals surface area contributed by atoms with Crippen molar-refractivity contribution in [2.45, 2.75) is 17.4 Å². The Hall–Kier alpha value is -4.00. The first-order valence-electron chi connectivity index (χ1n) is 9.83. The van der Waals surface area contributed by atoms with Crippen LogP contribution >= 0.6 is 0 Å². The van der Waals surface area contributed by atoms with Crippen molar-refractivity contribution in [1.29, 1.82) is 5.26 Å². The minimum atomic E-state index is -3.92. The van der Waals surface area contributed by atoms with Crippen LogP contribution in [0.3, 0.4) is 0 Å². The van der Waals surface area contributed by atoms with E-state index in [1.54, 1.807) is 54.6 Å². The second kappa shape index (κ2) is 10.1. The van der Waals surface area contributed by atoms with Crippen molar-refractivity contribution in [3.8, 4) is 17.2 Å². The molecule has 0 aromatic heterocycles. The van der Waals surface area contributed by atoms with Crippen molar-refractivity contribution in [2.75, 3.05) is 7.11 Å². The maximum Gasteiger partial charge on any atom is 0.328 e. The molecule has 33 heavy (non-hydrogen) atoms. The molecule has 0 aliphatic carbocycles. The summed E-state index contributed by atoms with van der Waals surface area (Å²) in [6.07, 6.45) is 0.147. The fourth-order valence-corrected chi connectivity index (χ4v) is 4.10. The molecule has 8 nitrogen and oxygen atoms in total. The van der Waals surface area contributed by atoms with Crippen LogP contribution in [-0.4, -0.2) is 33.4 Å². The highest BCUT2D eigenvalue weighted by molar-refractivity contribution is 7.89. The molecule has 0 bridgehead atoms. The summed E-state index contributed by atoms with van der Waals surface area (Å²) in [4.78, 5) is 25.0. The van der Waals surface area contributed by atoms with Crippen molar-refractivity contribution < 1.29 is 22.7 Å². The summed E-state index contributed by atoms with van der Waals surface area (Å²) in [5.74, 6) is -1.13. The van der Waals surface area contributed by atoms with Crippen molar-refractivity contribution in [3.05, 3.63) is 89.5 Å². The number of benzene rings is 3. The van der Waals surface area contributed by atoms with E-state index in [1.807, 2.05) is 6.07 Å². The molecule has 0 aliphatic heterocycles. The van der Waals surface area contributed by atoms with Gasteiger partial charge in [-0.3, -0.25) is 4.79 Å². The van der Waals surface area contributed by atoms with Gasteiger partial charge in [-0.1, -0.05) is 42.5 Å². The van der Waals surface area contributed by atoms with E-state index in [1.165, 1.54) is 25.3 Å². The van der Waals surface area contributed by atoms with Crippen LogP contribution in [0, 0.1) is 11.3 Å². The number of hydrogen-bond donors (Lipinski definition) is 2. The number of nitriles is 1. The molecule has 3 aromatic rings. The quantitative estimate of drug-likeness (QED) is 0.516. The number of carbonyl (C=O) groups excluding carboxylic acids is 2. The molecular formula is C24H21N3O5S. The molecule has 0 heterocycles.